The molecule has 0 aliphatic carbocycles. The molecule has 1 aromatic carbocycles. The summed E-state index contributed by atoms with van der Waals surface area (Å²) >= 11 is 12.4. The fourth-order valence-electron chi connectivity index (χ4n) is 3.59. The number of nitrogens with two attached hydrogens (primary N) is 1. The van der Waals surface area contributed by atoms with Crippen LogP contribution >= 0.6 is 23.2 Å². The summed E-state index contributed by atoms with van der Waals surface area (Å²) in [4.78, 5) is 21.1. The predicted molar refractivity (Wildman–Crippen MR) is 134 cm³/mol. The summed E-state index contributed by atoms with van der Waals surface area (Å²) in [6.45, 7) is 7.35. The average Bonchev–Trinajstić information content (AvgIpc) is 3.22. The molecule has 3 heterocycles. The lowest BCUT2D eigenvalue weighted by Crippen LogP contribution is -2.40. The zero-order valence-electron chi connectivity index (χ0n) is 19.4. The van der Waals surface area contributed by atoms with Gasteiger partial charge in [0, 0.05) is 45.8 Å². The monoisotopic (exact) mass is 516 g/mol. The highest BCUT2D eigenvalue weighted by molar-refractivity contribution is 6.36. The number of carbonyl (C=O) groups is 1. The van der Waals surface area contributed by atoms with Crippen molar-refractivity contribution in [2.75, 3.05) is 5.73 Å². The third-order valence-corrected chi connectivity index (χ3v) is 5.90. The molecule has 1 amide bonds. The van der Waals surface area contributed by atoms with Crippen LogP contribution < -0.4 is 15.8 Å². The van der Waals surface area contributed by atoms with Crippen molar-refractivity contribution >= 4 is 45.9 Å². The Morgan fingerprint density at radius 3 is 2.69 bits per heavy atom. The molecule has 0 aliphatic heterocycles. The Kier molecular flexibility index (Phi) is 6.62. The molecule has 182 valence electrons. The number of furan rings is 1. The van der Waals surface area contributed by atoms with E-state index in [1.165, 1.54) is 24.6 Å². The second-order valence-corrected chi connectivity index (χ2v) is 9.83. The number of hydrogen-bond donors (Lipinski definition) is 2. The Morgan fingerprint density at radius 1 is 1.23 bits per heavy atom. The molecule has 0 fully saturated rings. The molecule has 0 aliphatic rings. The number of benzene rings is 1. The number of hydrogen-bond acceptors (Lipinski definition) is 6. The van der Waals surface area contributed by atoms with E-state index in [1.54, 1.807) is 25.4 Å². The third kappa shape index (κ3) is 5.04. The topological polar surface area (TPSA) is 103 Å². The zero-order chi connectivity index (χ0) is 25.5. The summed E-state index contributed by atoms with van der Waals surface area (Å²) in [5, 5.41) is 3.61. The van der Waals surface area contributed by atoms with E-state index in [1.807, 2.05) is 20.8 Å². The summed E-state index contributed by atoms with van der Waals surface area (Å²) in [6.07, 6.45) is 5.40. The Morgan fingerprint density at radius 2 is 1.97 bits per heavy atom. The van der Waals surface area contributed by atoms with Gasteiger partial charge in [0.15, 0.2) is 11.4 Å². The molecule has 4 aromatic rings. The SMILES string of the molecule is C[C@@H](Oc1c(N)ncc2c(-c3cncc(C(=O)NC(C)(C)C)c3)coc12)c1c(Cl)ccc(F)c1Cl. The Labute approximate surface area is 211 Å². The Hall–Kier alpha value is -3.36. The highest BCUT2D eigenvalue weighted by atomic mass is 35.5. The van der Waals surface area contributed by atoms with Gasteiger partial charge in [-0.3, -0.25) is 9.78 Å². The minimum absolute atomic E-state index is 0.0744. The van der Waals surface area contributed by atoms with Gasteiger partial charge >= 0.3 is 0 Å². The third-order valence-electron chi connectivity index (χ3n) is 5.18. The first kappa shape index (κ1) is 24.8. The van der Waals surface area contributed by atoms with Gasteiger partial charge < -0.3 is 20.2 Å². The minimum atomic E-state index is -0.764. The van der Waals surface area contributed by atoms with Gasteiger partial charge in [0.1, 0.15) is 11.9 Å². The maximum absolute atomic E-state index is 14.0. The smallest absolute Gasteiger partial charge is 0.253 e. The Balaban J connectivity index is 1.72. The lowest BCUT2D eigenvalue weighted by Gasteiger charge is -2.20. The van der Waals surface area contributed by atoms with Crippen LogP contribution in [0, 0.1) is 5.82 Å². The van der Waals surface area contributed by atoms with Crippen LogP contribution in [0.15, 0.2) is 47.5 Å². The maximum Gasteiger partial charge on any atom is 0.253 e. The number of anilines is 1. The van der Waals surface area contributed by atoms with Crippen LogP contribution in [0.2, 0.25) is 10.0 Å². The van der Waals surface area contributed by atoms with Crippen molar-refractivity contribution in [3.8, 4) is 16.9 Å². The van der Waals surface area contributed by atoms with E-state index >= 15 is 0 Å². The average molecular weight is 517 g/mol. The van der Waals surface area contributed by atoms with E-state index in [4.69, 9.17) is 38.1 Å². The van der Waals surface area contributed by atoms with Gasteiger partial charge in [0.05, 0.1) is 22.2 Å². The van der Waals surface area contributed by atoms with Crippen molar-refractivity contribution in [3.63, 3.8) is 0 Å². The van der Waals surface area contributed by atoms with Gasteiger partial charge in [-0.1, -0.05) is 23.2 Å². The summed E-state index contributed by atoms with van der Waals surface area (Å²) in [6, 6.07) is 4.30. The summed E-state index contributed by atoms with van der Waals surface area (Å²) in [7, 11) is 0. The van der Waals surface area contributed by atoms with Crippen LogP contribution in [0.5, 0.6) is 5.75 Å². The van der Waals surface area contributed by atoms with E-state index in [-0.39, 0.29) is 33.1 Å². The first-order chi connectivity index (χ1) is 16.5. The molecule has 0 radical (unpaired) electrons. The van der Waals surface area contributed by atoms with E-state index in [9.17, 15) is 9.18 Å². The Bertz CT molecular complexity index is 1430. The van der Waals surface area contributed by atoms with E-state index < -0.39 is 17.5 Å². The number of pyridine rings is 2. The second kappa shape index (κ2) is 9.36. The number of nitrogens with zero attached hydrogens (tertiary/aromatic N) is 2. The number of rotatable bonds is 5. The van der Waals surface area contributed by atoms with Crippen LogP contribution in [0.25, 0.3) is 22.1 Å². The maximum atomic E-state index is 14.0. The van der Waals surface area contributed by atoms with Gasteiger partial charge in [-0.15, -0.1) is 0 Å². The number of ether oxygens (including phenoxy) is 1. The molecule has 3 N–H and O–H groups in total. The normalized spacial score (nSPS) is 12.5. The number of carbonyl (C=O) groups excluding carboxylic acids is 1. The first-order valence-corrected chi connectivity index (χ1v) is 11.5. The van der Waals surface area contributed by atoms with Crippen LogP contribution in [0.1, 0.15) is 49.7 Å². The van der Waals surface area contributed by atoms with Gasteiger partial charge in [0.2, 0.25) is 5.75 Å². The van der Waals surface area contributed by atoms with Crippen LogP contribution in [0.3, 0.4) is 0 Å². The zero-order valence-corrected chi connectivity index (χ0v) is 21.0. The fraction of sp³-hybridized carbons (Fsp3) is 0.240. The quantitative estimate of drug-likeness (QED) is 0.290. The van der Waals surface area contributed by atoms with Gasteiger partial charge in [0.25, 0.3) is 5.91 Å². The summed E-state index contributed by atoms with van der Waals surface area (Å²) in [5.74, 6) is -0.629. The lowest BCUT2D eigenvalue weighted by atomic mass is 10.0. The molecule has 3 aromatic heterocycles. The molecule has 0 spiro atoms. The molecule has 4 rings (SSSR count). The van der Waals surface area contributed by atoms with E-state index in [2.05, 4.69) is 15.3 Å². The summed E-state index contributed by atoms with van der Waals surface area (Å²) < 4.78 is 25.9. The fourth-order valence-corrected chi connectivity index (χ4v) is 4.27. The van der Waals surface area contributed by atoms with Crippen molar-refractivity contribution in [3.05, 3.63) is 70.0 Å². The van der Waals surface area contributed by atoms with Crippen molar-refractivity contribution in [1.82, 2.24) is 15.3 Å². The molecule has 10 heteroatoms. The molecular weight excluding hydrogens is 494 g/mol. The van der Waals surface area contributed by atoms with Crippen LogP contribution in [-0.4, -0.2) is 21.4 Å². The minimum Gasteiger partial charge on any atom is -0.478 e. The van der Waals surface area contributed by atoms with Crippen molar-refractivity contribution in [2.45, 2.75) is 39.3 Å². The largest absolute Gasteiger partial charge is 0.478 e. The summed E-state index contributed by atoms with van der Waals surface area (Å²) in [5.41, 5.74) is 7.98. The molecule has 0 saturated heterocycles. The molecule has 1 atom stereocenters. The predicted octanol–water partition coefficient (Wildman–Crippen LogP) is 6.59. The molecule has 0 unspecified atom stereocenters. The van der Waals surface area contributed by atoms with Gasteiger partial charge in [-0.05, 0) is 45.9 Å². The molecule has 7 nitrogen and oxygen atoms in total. The highest BCUT2D eigenvalue weighted by Crippen LogP contribution is 2.41. The van der Waals surface area contributed by atoms with Gasteiger partial charge in [-0.25, -0.2) is 9.37 Å². The second-order valence-electron chi connectivity index (χ2n) is 9.05. The van der Waals surface area contributed by atoms with E-state index in [0.29, 0.717) is 27.7 Å². The number of nitrogens with one attached hydrogen (secondary N) is 1. The van der Waals surface area contributed by atoms with Gasteiger partial charge in [-0.2, -0.15) is 0 Å². The standard InChI is InChI=1S/C25H23Cl2FN4O3/c1-12(19-17(26)5-6-18(28)20(19)27)35-22-21-15(10-31-23(22)29)16(11-34-21)13-7-14(9-30-8-13)24(33)32-25(2,3)4/h5-12H,1-4H3,(H2,29,31)(H,32,33)/t12-/m1/s1. The number of fused-ring (bicyclic) bond motifs is 1. The van der Waals surface area contributed by atoms with Crippen LogP contribution in [0.4, 0.5) is 10.2 Å². The highest BCUT2D eigenvalue weighted by Gasteiger charge is 2.24. The lowest BCUT2D eigenvalue weighted by molar-refractivity contribution is 0.0919. The van der Waals surface area contributed by atoms with Crippen molar-refractivity contribution < 1.29 is 18.3 Å². The number of nitrogen functional groups attached to an aromatic ring is 1. The van der Waals surface area contributed by atoms with Crippen LogP contribution in [-0.2, 0) is 0 Å². The molecule has 35 heavy (non-hydrogen) atoms. The first-order valence-electron chi connectivity index (χ1n) is 10.7. The number of aromatic nitrogens is 2. The number of amides is 1. The number of halogens is 3. The molecule has 0 bridgehead atoms. The van der Waals surface area contributed by atoms with Crippen molar-refractivity contribution in [2.24, 2.45) is 0 Å². The van der Waals surface area contributed by atoms with E-state index in [0.717, 1.165) is 0 Å². The van der Waals surface area contributed by atoms with Crippen molar-refractivity contribution in [1.29, 1.82) is 0 Å². The molecular formula is C25H23Cl2FN4O3. The molecule has 0 saturated carbocycles.